The number of hydrogen-bond donors (Lipinski definition) is 2. The van der Waals surface area contributed by atoms with E-state index in [1.54, 1.807) is 11.8 Å². The van der Waals surface area contributed by atoms with Crippen LogP contribution >= 0.6 is 11.8 Å². The van der Waals surface area contributed by atoms with E-state index in [-0.39, 0.29) is 0 Å². The van der Waals surface area contributed by atoms with Gasteiger partial charge in [0.15, 0.2) is 0 Å². The van der Waals surface area contributed by atoms with Crippen molar-refractivity contribution in [2.24, 2.45) is 11.5 Å². The molecule has 0 radical (unpaired) electrons. The molecule has 0 saturated carbocycles. The molecule has 1 aromatic carbocycles. The zero-order valence-corrected chi connectivity index (χ0v) is 13.5. The Bertz CT molecular complexity index is 614. The fraction of sp³-hybridized carbons (Fsp3) is 0.294. The van der Waals surface area contributed by atoms with Crippen LogP contribution in [0.5, 0.6) is 0 Å². The number of benzene rings is 1. The van der Waals surface area contributed by atoms with Gasteiger partial charge >= 0.3 is 11.9 Å². The molecule has 1 aliphatic rings. The second kappa shape index (κ2) is 8.67. The number of carbonyl (C=O) groups is 2. The molecule has 6 heteroatoms. The Morgan fingerprint density at radius 3 is 2.35 bits per heavy atom. The van der Waals surface area contributed by atoms with E-state index >= 15 is 0 Å². The first-order valence-corrected chi connectivity index (χ1v) is 8.39. The Morgan fingerprint density at radius 1 is 1.09 bits per heavy atom. The van der Waals surface area contributed by atoms with E-state index in [1.165, 1.54) is 0 Å². The summed E-state index contributed by atoms with van der Waals surface area (Å²) in [7, 11) is 0. The minimum Gasteiger partial charge on any atom is -0.391 e. The lowest BCUT2D eigenvalue weighted by Gasteiger charge is -2.15. The monoisotopic (exact) mass is 332 g/mol. The minimum absolute atomic E-state index is 0.312. The zero-order valence-electron chi connectivity index (χ0n) is 12.7. The molecule has 5 nitrogen and oxygen atoms in total. The minimum atomic E-state index is -0.891. The lowest BCUT2D eigenvalue weighted by molar-refractivity contribution is -0.161. The third-order valence-electron chi connectivity index (χ3n) is 3.32. The second-order valence-electron chi connectivity index (χ2n) is 5.28. The van der Waals surface area contributed by atoms with Gasteiger partial charge < -0.3 is 16.2 Å². The highest BCUT2D eigenvalue weighted by Crippen LogP contribution is 2.18. The first-order valence-electron chi connectivity index (χ1n) is 7.34. The number of nitrogens with two attached hydrogens (primary N) is 2. The van der Waals surface area contributed by atoms with Gasteiger partial charge in [-0.15, -0.1) is 11.8 Å². The van der Waals surface area contributed by atoms with Crippen LogP contribution in [-0.4, -0.2) is 29.8 Å². The van der Waals surface area contributed by atoms with Crippen LogP contribution in [0.1, 0.15) is 12.0 Å². The van der Waals surface area contributed by atoms with Crippen LogP contribution < -0.4 is 11.5 Å². The topological polar surface area (TPSA) is 95.4 Å². The molecule has 23 heavy (non-hydrogen) atoms. The van der Waals surface area contributed by atoms with E-state index in [4.69, 9.17) is 16.2 Å². The van der Waals surface area contributed by atoms with Crippen molar-refractivity contribution in [2.75, 3.05) is 5.75 Å². The number of esters is 2. The van der Waals surface area contributed by atoms with Crippen LogP contribution in [0.2, 0.25) is 0 Å². The molecule has 2 rings (SSSR count). The van der Waals surface area contributed by atoms with Gasteiger partial charge in [-0.05, 0) is 29.4 Å². The average molecular weight is 332 g/mol. The van der Waals surface area contributed by atoms with E-state index in [2.05, 4.69) is 0 Å². The molecule has 0 saturated heterocycles. The van der Waals surface area contributed by atoms with E-state index in [0.29, 0.717) is 12.8 Å². The molecule has 0 spiro atoms. The third kappa shape index (κ3) is 5.67. The Hall–Kier alpha value is -1.89. The molecule has 2 atom stereocenters. The van der Waals surface area contributed by atoms with Gasteiger partial charge in [0.05, 0.1) is 0 Å². The van der Waals surface area contributed by atoms with Crippen molar-refractivity contribution in [3.63, 3.8) is 0 Å². The van der Waals surface area contributed by atoms with Crippen molar-refractivity contribution in [2.45, 2.75) is 24.9 Å². The normalized spacial score (nSPS) is 16.3. The van der Waals surface area contributed by atoms with Crippen molar-refractivity contribution in [3.05, 3.63) is 59.0 Å². The van der Waals surface area contributed by atoms with E-state index in [0.717, 1.165) is 16.9 Å². The summed E-state index contributed by atoms with van der Waals surface area (Å²) in [4.78, 5) is 23.8. The van der Waals surface area contributed by atoms with Crippen LogP contribution in [0.3, 0.4) is 0 Å². The summed E-state index contributed by atoms with van der Waals surface area (Å²) in [5.74, 6) is -0.587. The van der Waals surface area contributed by atoms with Gasteiger partial charge in [-0.1, -0.05) is 42.5 Å². The number of carbonyl (C=O) groups excluding carboxylic acids is 2. The standard InChI is InChI=1S/C17H20N2O3S/c18-14(9-12-5-2-1-3-6-12)16(20)22-17(21)15(19)10-13-7-4-8-23-11-13/h1-7,11,14-15H,8-10,18-19H2/t14-,15-/m0/s1. The average Bonchev–Trinajstić information content (AvgIpc) is 2.56. The van der Waals surface area contributed by atoms with Crippen molar-refractivity contribution in [3.8, 4) is 0 Å². The molecule has 1 aliphatic heterocycles. The van der Waals surface area contributed by atoms with Crippen LogP contribution in [0.15, 0.2) is 53.5 Å². The molecule has 122 valence electrons. The van der Waals surface area contributed by atoms with Crippen LogP contribution in [0, 0.1) is 0 Å². The number of hydrogen-bond acceptors (Lipinski definition) is 6. The van der Waals surface area contributed by atoms with E-state index in [1.807, 2.05) is 47.9 Å². The maximum atomic E-state index is 11.9. The molecular weight excluding hydrogens is 312 g/mol. The molecular formula is C17H20N2O3S. The summed E-state index contributed by atoms with van der Waals surface area (Å²) in [6, 6.07) is 7.55. The Balaban J connectivity index is 1.82. The highest BCUT2D eigenvalue weighted by atomic mass is 32.2. The molecule has 1 aromatic rings. The SMILES string of the molecule is N[C@@H](CC1=CSCC=C1)C(=O)OC(=O)[C@@H](N)Cc1ccccc1. The van der Waals surface area contributed by atoms with Crippen LogP contribution in [0.4, 0.5) is 0 Å². The quantitative estimate of drug-likeness (QED) is 0.606. The van der Waals surface area contributed by atoms with Gasteiger partial charge in [-0.2, -0.15) is 0 Å². The van der Waals surface area contributed by atoms with Gasteiger partial charge in [-0.3, -0.25) is 0 Å². The zero-order chi connectivity index (χ0) is 16.7. The number of rotatable bonds is 6. The van der Waals surface area contributed by atoms with Gasteiger partial charge in [0.1, 0.15) is 12.1 Å². The Morgan fingerprint density at radius 2 is 1.74 bits per heavy atom. The predicted octanol–water partition coefficient (Wildman–Crippen LogP) is 1.53. The molecule has 1 heterocycles. The molecule has 0 fully saturated rings. The highest BCUT2D eigenvalue weighted by molar-refractivity contribution is 8.02. The fourth-order valence-corrected chi connectivity index (χ4v) is 2.80. The van der Waals surface area contributed by atoms with Gasteiger partial charge in [0.25, 0.3) is 0 Å². The maximum absolute atomic E-state index is 11.9. The van der Waals surface area contributed by atoms with Crippen LogP contribution in [0.25, 0.3) is 0 Å². The predicted molar refractivity (Wildman–Crippen MR) is 91.5 cm³/mol. The molecule has 0 unspecified atom stereocenters. The lowest BCUT2D eigenvalue weighted by Crippen LogP contribution is -2.40. The summed E-state index contributed by atoms with van der Waals surface area (Å²) in [5.41, 5.74) is 13.4. The Labute approximate surface area is 139 Å². The Kier molecular flexibility index (Phi) is 6.58. The molecule has 0 aliphatic carbocycles. The van der Waals surface area contributed by atoms with Gasteiger partial charge in [0, 0.05) is 5.75 Å². The van der Waals surface area contributed by atoms with Crippen molar-refractivity contribution in [1.82, 2.24) is 0 Å². The van der Waals surface area contributed by atoms with Crippen LogP contribution in [-0.2, 0) is 20.7 Å². The van der Waals surface area contributed by atoms with Crippen molar-refractivity contribution >= 4 is 23.7 Å². The number of thioether (sulfide) groups is 1. The first kappa shape index (κ1) is 17.5. The van der Waals surface area contributed by atoms with Gasteiger partial charge in [0.2, 0.25) is 0 Å². The van der Waals surface area contributed by atoms with Gasteiger partial charge in [-0.25, -0.2) is 9.59 Å². The lowest BCUT2D eigenvalue weighted by atomic mass is 10.1. The van der Waals surface area contributed by atoms with Crippen molar-refractivity contribution in [1.29, 1.82) is 0 Å². The summed E-state index contributed by atoms with van der Waals surface area (Å²) < 4.78 is 4.80. The smallest absolute Gasteiger partial charge is 0.330 e. The molecule has 0 bridgehead atoms. The summed E-state index contributed by atoms with van der Waals surface area (Å²) in [6.45, 7) is 0. The number of allylic oxidation sites excluding steroid dienone is 1. The fourth-order valence-electron chi connectivity index (χ4n) is 2.10. The summed E-state index contributed by atoms with van der Waals surface area (Å²) in [5, 5.41) is 1.95. The molecule has 0 amide bonds. The molecule has 0 aromatic heterocycles. The largest absolute Gasteiger partial charge is 0.391 e. The molecule has 4 N–H and O–H groups in total. The second-order valence-corrected chi connectivity index (χ2v) is 6.18. The van der Waals surface area contributed by atoms with E-state index in [9.17, 15) is 9.59 Å². The summed E-state index contributed by atoms with van der Waals surface area (Å²) in [6.07, 6.45) is 4.57. The van der Waals surface area contributed by atoms with E-state index < -0.39 is 24.0 Å². The summed E-state index contributed by atoms with van der Waals surface area (Å²) >= 11 is 1.63. The van der Waals surface area contributed by atoms with Crippen molar-refractivity contribution < 1.29 is 14.3 Å². The third-order valence-corrected chi connectivity index (χ3v) is 4.17. The first-order chi connectivity index (χ1) is 11.1. The number of ether oxygens (including phenoxy) is 1. The highest BCUT2D eigenvalue weighted by Gasteiger charge is 2.24. The maximum Gasteiger partial charge on any atom is 0.330 e.